The van der Waals surface area contributed by atoms with Gasteiger partial charge in [-0.1, -0.05) is 20.8 Å². The standard InChI is InChI=1S/C8H19N3/c1-4-5-11(7-10-9)6-8(2)3/h7-8H,4-6,9H2,1-3H3/b10-7-. The summed E-state index contributed by atoms with van der Waals surface area (Å²) in [5, 5.41) is 3.51. The third-order valence-corrected chi connectivity index (χ3v) is 1.34. The van der Waals surface area contributed by atoms with E-state index in [9.17, 15) is 0 Å². The van der Waals surface area contributed by atoms with Gasteiger partial charge in [-0.15, -0.1) is 0 Å². The summed E-state index contributed by atoms with van der Waals surface area (Å²) in [6.07, 6.45) is 2.85. The lowest BCUT2D eigenvalue weighted by atomic mass is 10.2. The highest BCUT2D eigenvalue weighted by Gasteiger charge is 2.00. The average Bonchev–Trinajstić information content (AvgIpc) is 1.87. The lowest BCUT2D eigenvalue weighted by Gasteiger charge is -2.20. The van der Waals surface area contributed by atoms with Gasteiger partial charge in [0.1, 0.15) is 6.34 Å². The molecule has 0 radical (unpaired) electrons. The Bertz CT molecular complexity index is 110. The Morgan fingerprint density at radius 1 is 1.55 bits per heavy atom. The zero-order valence-electron chi connectivity index (χ0n) is 7.75. The van der Waals surface area contributed by atoms with Gasteiger partial charge in [-0.05, 0) is 12.3 Å². The van der Waals surface area contributed by atoms with Gasteiger partial charge in [-0.25, -0.2) is 0 Å². The van der Waals surface area contributed by atoms with Crippen LogP contribution in [0, 0.1) is 5.92 Å². The number of nitrogens with zero attached hydrogens (tertiary/aromatic N) is 2. The molecule has 0 amide bonds. The molecule has 0 saturated heterocycles. The Labute approximate surface area is 69.3 Å². The molecule has 0 aromatic rings. The molecule has 0 atom stereocenters. The molecule has 0 unspecified atom stereocenters. The second-order valence-electron chi connectivity index (χ2n) is 3.15. The maximum atomic E-state index is 5.06. The van der Waals surface area contributed by atoms with E-state index < -0.39 is 0 Å². The second-order valence-corrected chi connectivity index (χ2v) is 3.15. The van der Waals surface area contributed by atoms with Gasteiger partial charge in [-0.2, -0.15) is 5.10 Å². The highest BCUT2D eigenvalue weighted by atomic mass is 15.2. The van der Waals surface area contributed by atoms with Gasteiger partial charge in [0.2, 0.25) is 0 Å². The van der Waals surface area contributed by atoms with Gasteiger partial charge in [-0.3, -0.25) is 0 Å². The van der Waals surface area contributed by atoms with Crippen LogP contribution in [0.15, 0.2) is 5.10 Å². The van der Waals surface area contributed by atoms with Crippen LogP contribution in [-0.2, 0) is 0 Å². The van der Waals surface area contributed by atoms with Crippen LogP contribution in [0.1, 0.15) is 27.2 Å². The molecule has 0 saturated carbocycles. The molecule has 0 aliphatic carbocycles. The normalized spacial score (nSPS) is 11.3. The quantitative estimate of drug-likeness (QED) is 0.282. The molecule has 0 fully saturated rings. The van der Waals surface area contributed by atoms with Gasteiger partial charge in [0.25, 0.3) is 0 Å². The molecule has 2 N–H and O–H groups in total. The van der Waals surface area contributed by atoms with Crippen LogP contribution in [0.2, 0.25) is 0 Å². The summed E-state index contributed by atoms with van der Waals surface area (Å²) < 4.78 is 0. The van der Waals surface area contributed by atoms with Crippen LogP contribution in [0.25, 0.3) is 0 Å². The largest absolute Gasteiger partial charge is 0.361 e. The molecule has 0 heterocycles. The van der Waals surface area contributed by atoms with Crippen molar-refractivity contribution in [1.29, 1.82) is 0 Å². The Kier molecular flexibility index (Phi) is 5.61. The van der Waals surface area contributed by atoms with E-state index in [1.807, 2.05) is 0 Å². The molecule has 0 aromatic heterocycles. The lowest BCUT2D eigenvalue weighted by Crippen LogP contribution is -2.27. The van der Waals surface area contributed by atoms with Crippen LogP contribution < -0.4 is 5.84 Å². The van der Waals surface area contributed by atoms with E-state index in [1.54, 1.807) is 6.34 Å². The second kappa shape index (κ2) is 6.01. The number of hydrogen-bond acceptors (Lipinski definition) is 2. The van der Waals surface area contributed by atoms with Crippen LogP contribution in [0.4, 0.5) is 0 Å². The summed E-state index contributed by atoms with van der Waals surface area (Å²) in [7, 11) is 0. The monoisotopic (exact) mass is 157 g/mol. The summed E-state index contributed by atoms with van der Waals surface area (Å²) in [5.74, 6) is 5.73. The highest BCUT2D eigenvalue weighted by Crippen LogP contribution is 1.96. The maximum absolute atomic E-state index is 5.06. The van der Waals surface area contributed by atoms with E-state index in [0.29, 0.717) is 5.92 Å². The first kappa shape index (κ1) is 10.3. The van der Waals surface area contributed by atoms with Gasteiger partial charge >= 0.3 is 0 Å². The Morgan fingerprint density at radius 2 is 2.18 bits per heavy atom. The van der Waals surface area contributed by atoms with Crippen molar-refractivity contribution in [3.8, 4) is 0 Å². The van der Waals surface area contributed by atoms with Crippen molar-refractivity contribution >= 4 is 6.34 Å². The van der Waals surface area contributed by atoms with E-state index >= 15 is 0 Å². The fraction of sp³-hybridized carbons (Fsp3) is 0.875. The van der Waals surface area contributed by atoms with Gasteiger partial charge in [0, 0.05) is 13.1 Å². The highest BCUT2D eigenvalue weighted by molar-refractivity contribution is 5.54. The summed E-state index contributed by atoms with van der Waals surface area (Å²) in [6, 6.07) is 0. The van der Waals surface area contributed by atoms with Crippen molar-refractivity contribution in [3.63, 3.8) is 0 Å². The average molecular weight is 157 g/mol. The van der Waals surface area contributed by atoms with Crippen LogP contribution in [0.3, 0.4) is 0 Å². The van der Waals surface area contributed by atoms with Gasteiger partial charge < -0.3 is 10.7 Å². The Hall–Kier alpha value is -0.730. The van der Waals surface area contributed by atoms with Crippen molar-refractivity contribution in [2.24, 2.45) is 16.9 Å². The van der Waals surface area contributed by atoms with Crippen molar-refractivity contribution in [2.45, 2.75) is 27.2 Å². The fourth-order valence-electron chi connectivity index (χ4n) is 1.05. The summed E-state index contributed by atoms with van der Waals surface area (Å²) >= 11 is 0. The smallest absolute Gasteiger partial charge is 0.111 e. The molecular weight excluding hydrogens is 138 g/mol. The minimum atomic E-state index is 0.666. The topological polar surface area (TPSA) is 41.6 Å². The summed E-state index contributed by atoms with van der Waals surface area (Å²) in [6.45, 7) is 8.60. The molecule has 0 bridgehead atoms. The number of rotatable bonds is 5. The van der Waals surface area contributed by atoms with E-state index in [1.165, 1.54) is 0 Å². The molecule has 3 heteroatoms. The first-order valence-corrected chi connectivity index (χ1v) is 4.18. The molecule has 0 rings (SSSR count). The predicted octanol–water partition coefficient (Wildman–Crippen LogP) is 1.26. The maximum Gasteiger partial charge on any atom is 0.111 e. The lowest BCUT2D eigenvalue weighted by molar-refractivity contribution is 0.374. The molecule has 0 aliphatic rings. The predicted molar refractivity (Wildman–Crippen MR) is 49.4 cm³/mol. The number of hydrogen-bond donors (Lipinski definition) is 1. The Morgan fingerprint density at radius 3 is 2.55 bits per heavy atom. The van der Waals surface area contributed by atoms with E-state index in [0.717, 1.165) is 19.5 Å². The molecule has 0 spiro atoms. The van der Waals surface area contributed by atoms with Crippen molar-refractivity contribution < 1.29 is 0 Å². The van der Waals surface area contributed by atoms with Gasteiger partial charge in [0.15, 0.2) is 0 Å². The summed E-state index contributed by atoms with van der Waals surface area (Å²) in [4.78, 5) is 2.14. The zero-order chi connectivity index (χ0) is 8.69. The number of nitrogens with two attached hydrogens (primary N) is 1. The third kappa shape index (κ3) is 5.70. The van der Waals surface area contributed by atoms with E-state index in [2.05, 4.69) is 30.8 Å². The molecular formula is C8H19N3. The fourth-order valence-corrected chi connectivity index (χ4v) is 1.05. The molecule has 3 nitrogen and oxygen atoms in total. The summed E-state index contributed by atoms with van der Waals surface area (Å²) in [5.41, 5.74) is 0. The van der Waals surface area contributed by atoms with Crippen molar-refractivity contribution in [3.05, 3.63) is 0 Å². The molecule has 0 aromatic carbocycles. The SMILES string of the molecule is CCCN(/C=N\N)CC(C)C. The minimum absolute atomic E-state index is 0.666. The molecule has 0 aliphatic heterocycles. The van der Waals surface area contributed by atoms with Crippen LogP contribution in [-0.4, -0.2) is 24.3 Å². The van der Waals surface area contributed by atoms with Crippen LogP contribution >= 0.6 is 0 Å². The van der Waals surface area contributed by atoms with Crippen molar-refractivity contribution in [2.75, 3.05) is 13.1 Å². The number of hydrazone groups is 1. The van der Waals surface area contributed by atoms with Crippen LogP contribution in [0.5, 0.6) is 0 Å². The first-order chi connectivity index (χ1) is 5.20. The molecule has 11 heavy (non-hydrogen) atoms. The first-order valence-electron chi connectivity index (χ1n) is 4.18. The van der Waals surface area contributed by atoms with Gasteiger partial charge in [0.05, 0.1) is 0 Å². The molecule has 66 valence electrons. The Balaban J connectivity index is 3.69. The van der Waals surface area contributed by atoms with E-state index in [4.69, 9.17) is 5.84 Å². The minimum Gasteiger partial charge on any atom is -0.361 e. The van der Waals surface area contributed by atoms with Crippen molar-refractivity contribution in [1.82, 2.24) is 4.90 Å². The zero-order valence-corrected chi connectivity index (χ0v) is 7.75. The van der Waals surface area contributed by atoms with E-state index in [-0.39, 0.29) is 0 Å². The third-order valence-electron chi connectivity index (χ3n) is 1.34.